The van der Waals surface area contributed by atoms with Crippen molar-refractivity contribution in [3.63, 3.8) is 0 Å². The molecule has 2 atom stereocenters. The van der Waals surface area contributed by atoms with Crippen molar-refractivity contribution in [1.82, 2.24) is 4.90 Å². The summed E-state index contributed by atoms with van der Waals surface area (Å²) in [4.78, 5) is 25.4. The van der Waals surface area contributed by atoms with Crippen molar-refractivity contribution in [3.05, 3.63) is 12.2 Å². The van der Waals surface area contributed by atoms with Crippen molar-refractivity contribution in [1.29, 1.82) is 0 Å². The molecule has 1 N–H and O–H groups in total. The van der Waals surface area contributed by atoms with Crippen LogP contribution in [0.2, 0.25) is 0 Å². The molecule has 0 saturated heterocycles. The summed E-state index contributed by atoms with van der Waals surface area (Å²) in [5.41, 5.74) is 0. The predicted octanol–water partition coefficient (Wildman–Crippen LogP) is 2.05. The topological polar surface area (TPSA) is 57.6 Å². The fourth-order valence-electron chi connectivity index (χ4n) is 3.09. The molecule has 0 heterocycles. The molecule has 1 saturated carbocycles. The molecule has 2 aliphatic carbocycles. The third kappa shape index (κ3) is 2.57. The smallest absolute Gasteiger partial charge is 0.307 e. The maximum Gasteiger partial charge on any atom is 0.307 e. The van der Waals surface area contributed by atoms with Crippen molar-refractivity contribution in [3.8, 4) is 0 Å². The van der Waals surface area contributed by atoms with Crippen LogP contribution in [0.5, 0.6) is 0 Å². The third-order valence-electron chi connectivity index (χ3n) is 4.29. The molecule has 4 heteroatoms. The number of carbonyl (C=O) groups excluding carboxylic acids is 1. The molecule has 0 aromatic rings. The third-order valence-corrected chi connectivity index (χ3v) is 4.29. The van der Waals surface area contributed by atoms with Gasteiger partial charge in [0.1, 0.15) is 0 Å². The minimum absolute atomic E-state index is 0.0126. The van der Waals surface area contributed by atoms with E-state index >= 15 is 0 Å². The second kappa shape index (κ2) is 5.55. The van der Waals surface area contributed by atoms with E-state index in [0.29, 0.717) is 18.9 Å². The molecule has 100 valence electrons. The van der Waals surface area contributed by atoms with Gasteiger partial charge in [0.2, 0.25) is 5.91 Å². The number of nitrogens with zero attached hydrogens (tertiary/aromatic N) is 1. The quantitative estimate of drug-likeness (QED) is 0.781. The molecule has 0 radical (unpaired) electrons. The molecule has 1 amide bonds. The zero-order valence-electron chi connectivity index (χ0n) is 10.8. The molecular formula is C14H21NO3. The number of carbonyl (C=O) groups is 2. The average molecular weight is 251 g/mol. The molecule has 2 aliphatic rings. The van der Waals surface area contributed by atoms with Crippen molar-refractivity contribution in [2.75, 3.05) is 7.05 Å². The summed E-state index contributed by atoms with van der Waals surface area (Å²) >= 11 is 0. The van der Waals surface area contributed by atoms with E-state index in [1.165, 1.54) is 12.8 Å². The van der Waals surface area contributed by atoms with E-state index in [4.69, 9.17) is 0 Å². The summed E-state index contributed by atoms with van der Waals surface area (Å²) in [6, 6.07) is 0.317. The Morgan fingerprint density at radius 1 is 1.11 bits per heavy atom. The highest BCUT2D eigenvalue weighted by molar-refractivity contribution is 5.85. The molecule has 2 unspecified atom stereocenters. The van der Waals surface area contributed by atoms with Gasteiger partial charge in [0, 0.05) is 13.1 Å². The Labute approximate surface area is 108 Å². The normalized spacial score (nSPS) is 28.3. The number of aliphatic carboxylic acids is 1. The number of amides is 1. The Morgan fingerprint density at radius 3 is 2.22 bits per heavy atom. The molecule has 2 rings (SSSR count). The predicted molar refractivity (Wildman–Crippen MR) is 68.0 cm³/mol. The maximum atomic E-state index is 12.4. The standard InChI is InChI=1S/C14H21NO3/c1-15(10-6-2-3-7-10)13(16)11-8-4-5-9-12(11)14(17)18/h4-5,10-12H,2-3,6-9H2,1H3,(H,17,18). The molecule has 0 aromatic carbocycles. The highest BCUT2D eigenvalue weighted by Crippen LogP contribution is 2.30. The van der Waals surface area contributed by atoms with Gasteiger partial charge >= 0.3 is 5.97 Å². The first-order valence-electron chi connectivity index (χ1n) is 6.75. The fourth-order valence-corrected chi connectivity index (χ4v) is 3.09. The van der Waals surface area contributed by atoms with Crippen LogP contribution in [0.3, 0.4) is 0 Å². The Morgan fingerprint density at radius 2 is 1.67 bits per heavy atom. The Bertz CT molecular complexity index is 358. The van der Waals surface area contributed by atoms with Crippen LogP contribution >= 0.6 is 0 Å². The van der Waals surface area contributed by atoms with Crippen molar-refractivity contribution < 1.29 is 14.7 Å². The van der Waals surface area contributed by atoms with E-state index in [0.717, 1.165) is 12.8 Å². The second-order valence-electron chi connectivity index (χ2n) is 5.38. The first-order chi connectivity index (χ1) is 8.61. The van der Waals surface area contributed by atoms with Crippen LogP contribution in [-0.4, -0.2) is 35.0 Å². The summed E-state index contributed by atoms with van der Waals surface area (Å²) in [6.07, 6.45) is 9.31. The first kappa shape index (κ1) is 13.1. The van der Waals surface area contributed by atoms with Crippen LogP contribution in [0.25, 0.3) is 0 Å². The van der Waals surface area contributed by atoms with Gasteiger partial charge in [-0.05, 0) is 25.7 Å². The SMILES string of the molecule is CN(C(=O)C1CC=CCC1C(=O)O)C1CCCC1. The summed E-state index contributed by atoms with van der Waals surface area (Å²) < 4.78 is 0. The summed E-state index contributed by atoms with van der Waals surface area (Å²) in [6.45, 7) is 0. The molecule has 0 aromatic heterocycles. The van der Waals surface area contributed by atoms with Crippen molar-refractivity contribution in [2.45, 2.75) is 44.6 Å². The number of allylic oxidation sites excluding steroid dienone is 2. The summed E-state index contributed by atoms with van der Waals surface area (Å²) in [5.74, 6) is -1.76. The average Bonchev–Trinajstić information content (AvgIpc) is 2.90. The lowest BCUT2D eigenvalue weighted by Gasteiger charge is -2.32. The molecule has 0 spiro atoms. The Balaban J connectivity index is 2.06. The first-order valence-corrected chi connectivity index (χ1v) is 6.75. The van der Waals surface area contributed by atoms with Gasteiger partial charge in [-0.25, -0.2) is 0 Å². The number of carboxylic acids is 1. The summed E-state index contributed by atoms with van der Waals surface area (Å²) in [5, 5.41) is 9.20. The van der Waals surface area contributed by atoms with Gasteiger partial charge in [-0.1, -0.05) is 25.0 Å². The van der Waals surface area contributed by atoms with Crippen molar-refractivity contribution in [2.24, 2.45) is 11.8 Å². The van der Waals surface area contributed by atoms with Crippen LogP contribution in [0.15, 0.2) is 12.2 Å². The second-order valence-corrected chi connectivity index (χ2v) is 5.38. The van der Waals surface area contributed by atoms with E-state index < -0.39 is 11.9 Å². The van der Waals surface area contributed by atoms with E-state index in [9.17, 15) is 14.7 Å². The Hall–Kier alpha value is -1.32. The van der Waals surface area contributed by atoms with Gasteiger partial charge in [0.05, 0.1) is 11.8 Å². The zero-order valence-corrected chi connectivity index (χ0v) is 10.8. The van der Waals surface area contributed by atoms with Gasteiger partial charge in [0.15, 0.2) is 0 Å². The highest BCUT2D eigenvalue weighted by atomic mass is 16.4. The van der Waals surface area contributed by atoms with Crippen LogP contribution in [0, 0.1) is 11.8 Å². The van der Waals surface area contributed by atoms with Gasteiger partial charge in [-0.15, -0.1) is 0 Å². The molecule has 0 aliphatic heterocycles. The maximum absolute atomic E-state index is 12.4. The molecule has 18 heavy (non-hydrogen) atoms. The molecule has 0 bridgehead atoms. The lowest BCUT2D eigenvalue weighted by Crippen LogP contribution is -2.43. The number of carboxylic acid groups (broad SMARTS) is 1. The van der Waals surface area contributed by atoms with Crippen LogP contribution in [0.1, 0.15) is 38.5 Å². The van der Waals surface area contributed by atoms with Crippen LogP contribution < -0.4 is 0 Å². The summed E-state index contributed by atoms with van der Waals surface area (Å²) in [7, 11) is 1.83. The van der Waals surface area contributed by atoms with Crippen molar-refractivity contribution >= 4 is 11.9 Å². The van der Waals surface area contributed by atoms with Gasteiger partial charge in [0.25, 0.3) is 0 Å². The van der Waals surface area contributed by atoms with Gasteiger partial charge in [-0.2, -0.15) is 0 Å². The largest absolute Gasteiger partial charge is 0.481 e. The highest BCUT2D eigenvalue weighted by Gasteiger charge is 2.37. The molecular weight excluding hydrogens is 230 g/mol. The fraction of sp³-hybridized carbons (Fsp3) is 0.714. The number of hydrogen-bond acceptors (Lipinski definition) is 2. The Kier molecular flexibility index (Phi) is 4.04. The van der Waals surface area contributed by atoms with E-state index in [2.05, 4.69) is 0 Å². The lowest BCUT2D eigenvalue weighted by atomic mass is 9.82. The van der Waals surface area contributed by atoms with Gasteiger partial charge in [-0.3, -0.25) is 9.59 Å². The minimum Gasteiger partial charge on any atom is -0.481 e. The van der Waals surface area contributed by atoms with Crippen LogP contribution in [-0.2, 0) is 9.59 Å². The number of hydrogen-bond donors (Lipinski definition) is 1. The number of rotatable bonds is 3. The lowest BCUT2D eigenvalue weighted by molar-refractivity contribution is -0.150. The zero-order chi connectivity index (χ0) is 13.1. The van der Waals surface area contributed by atoms with Gasteiger partial charge < -0.3 is 10.0 Å². The van der Waals surface area contributed by atoms with E-state index in [1.54, 1.807) is 4.90 Å². The van der Waals surface area contributed by atoms with Crippen LogP contribution in [0.4, 0.5) is 0 Å². The van der Waals surface area contributed by atoms with E-state index in [1.807, 2.05) is 19.2 Å². The monoisotopic (exact) mass is 251 g/mol. The minimum atomic E-state index is -0.850. The molecule has 1 fully saturated rings. The molecule has 4 nitrogen and oxygen atoms in total. The van der Waals surface area contributed by atoms with E-state index in [-0.39, 0.29) is 11.8 Å².